The van der Waals surface area contributed by atoms with Crippen LogP contribution in [0.2, 0.25) is 0 Å². The van der Waals surface area contributed by atoms with Crippen LogP contribution in [0.15, 0.2) is 12.2 Å². The normalized spacial score (nSPS) is 33.4. The number of rotatable bonds is 1. The third-order valence-electron chi connectivity index (χ3n) is 2.65. The Balaban J connectivity index is 2.05. The first-order valence-corrected chi connectivity index (χ1v) is 4.16. The molecule has 1 heterocycles. The van der Waals surface area contributed by atoms with E-state index in [4.69, 9.17) is 0 Å². The van der Waals surface area contributed by atoms with Gasteiger partial charge in [-0.15, -0.1) is 0 Å². The summed E-state index contributed by atoms with van der Waals surface area (Å²) in [7, 11) is 0. The van der Waals surface area contributed by atoms with Crippen molar-refractivity contribution in [1.82, 2.24) is 4.90 Å². The SMILES string of the molecule is C=C(C)C(=O)N1CCC2C[C@H]21. The minimum atomic E-state index is 0.162. The number of likely N-dealkylation sites (tertiary alicyclic amines) is 1. The van der Waals surface area contributed by atoms with Crippen LogP contribution in [0.25, 0.3) is 0 Å². The largest absolute Gasteiger partial charge is 0.336 e. The lowest BCUT2D eigenvalue weighted by atomic mass is 10.3. The monoisotopic (exact) mass is 151 g/mol. The van der Waals surface area contributed by atoms with E-state index in [0.717, 1.165) is 12.5 Å². The molecule has 1 unspecified atom stereocenters. The molecule has 2 atom stereocenters. The van der Waals surface area contributed by atoms with Crippen LogP contribution in [0.3, 0.4) is 0 Å². The van der Waals surface area contributed by atoms with Gasteiger partial charge in [0.05, 0.1) is 0 Å². The summed E-state index contributed by atoms with van der Waals surface area (Å²) in [6.45, 7) is 6.41. The van der Waals surface area contributed by atoms with E-state index >= 15 is 0 Å². The standard InChI is InChI=1S/C9H13NO/c1-6(2)9(11)10-4-3-7-5-8(7)10/h7-8H,1,3-5H2,2H3/t7?,8-/m1/s1. The Hall–Kier alpha value is -0.790. The van der Waals surface area contributed by atoms with Crippen molar-refractivity contribution in [1.29, 1.82) is 0 Å². The van der Waals surface area contributed by atoms with Gasteiger partial charge in [0.25, 0.3) is 0 Å². The van der Waals surface area contributed by atoms with Crippen LogP contribution in [-0.4, -0.2) is 23.4 Å². The minimum Gasteiger partial charge on any atom is -0.336 e. The highest BCUT2D eigenvalue weighted by Crippen LogP contribution is 2.44. The molecule has 0 bridgehead atoms. The average Bonchev–Trinajstić information content (AvgIpc) is 2.62. The fraction of sp³-hybridized carbons (Fsp3) is 0.667. The van der Waals surface area contributed by atoms with E-state index in [1.807, 2.05) is 4.90 Å². The summed E-state index contributed by atoms with van der Waals surface area (Å²) >= 11 is 0. The van der Waals surface area contributed by atoms with E-state index in [1.165, 1.54) is 12.8 Å². The highest BCUT2D eigenvalue weighted by Gasteiger charge is 2.48. The topological polar surface area (TPSA) is 20.3 Å². The number of nitrogens with zero attached hydrogens (tertiary/aromatic N) is 1. The van der Waals surface area contributed by atoms with Crippen molar-refractivity contribution in [3.8, 4) is 0 Å². The number of hydrogen-bond acceptors (Lipinski definition) is 1. The number of carbonyl (C=O) groups is 1. The van der Waals surface area contributed by atoms with Gasteiger partial charge in [0.15, 0.2) is 0 Å². The summed E-state index contributed by atoms with van der Waals surface area (Å²) < 4.78 is 0. The highest BCUT2D eigenvalue weighted by molar-refractivity contribution is 5.92. The molecule has 2 nitrogen and oxygen atoms in total. The van der Waals surface area contributed by atoms with Gasteiger partial charge in [-0.1, -0.05) is 6.58 Å². The zero-order chi connectivity index (χ0) is 8.01. The van der Waals surface area contributed by atoms with Crippen molar-refractivity contribution in [3.05, 3.63) is 12.2 Å². The lowest BCUT2D eigenvalue weighted by Crippen LogP contribution is -2.31. The van der Waals surface area contributed by atoms with Crippen LogP contribution >= 0.6 is 0 Å². The molecule has 2 rings (SSSR count). The van der Waals surface area contributed by atoms with Gasteiger partial charge in [-0.3, -0.25) is 4.79 Å². The summed E-state index contributed by atoms with van der Waals surface area (Å²) in [5, 5.41) is 0. The van der Waals surface area contributed by atoms with Crippen molar-refractivity contribution in [2.45, 2.75) is 25.8 Å². The van der Waals surface area contributed by atoms with Crippen molar-refractivity contribution < 1.29 is 4.79 Å². The van der Waals surface area contributed by atoms with Crippen LogP contribution in [0.4, 0.5) is 0 Å². The van der Waals surface area contributed by atoms with Gasteiger partial charge in [0, 0.05) is 18.2 Å². The third-order valence-corrected chi connectivity index (χ3v) is 2.65. The second kappa shape index (κ2) is 2.10. The Labute approximate surface area is 66.9 Å². The molecule has 0 N–H and O–H groups in total. The first kappa shape index (κ1) is 6.89. The zero-order valence-corrected chi connectivity index (χ0v) is 6.84. The minimum absolute atomic E-state index is 0.162. The Bertz CT molecular complexity index is 222. The molecule has 1 saturated carbocycles. The maximum absolute atomic E-state index is 11.4. The van der Waals surface area contributed by atoms with Crippen LogP contribution in [-0.2, 0) is 4.79 Å². The summed E-state index contributed by atoms with van der Waals surface area (Å²) in [5.74, 6) is 0.994. The van der Waals surface area contributed by atoms with Crippen LogP contribution in [0, 0.1) is 5.92 Å². The molecule has 2 fully saturated rings. The van der Waals surface area contributed by atoms with Crippen molar-refractivity contribution in [2.75, 3.05) is 6.54 Å². The summed E-state index contributed by atoms with van der Waals surface area (Å²) in [6, 6.07) is 0.583. The molecular formula is C9H13NO. The zero-order valence-electron chi connectivity index (χ0n) is 6.84. The second-order valence-corrected chi connectivity index (χ2v) is 3.63. The predicted octanol–water partition coefficient (Wildman–Crippen LogP) is 1.18. The molecule has 1 aliphatic heterocycles. The maximum Gasteiger partial charge on any atom is 0.249 e. The lowest BCUT2D eigenvalue weighted by molar-refractivity contribution is -0.126. The Kier molecular flexibility index (Phi) is 1.31. The van der Waals surface area contributed by atoms with E-state index in [1.54, 1.807) is 6.92 Å². The average molecular weight is 151 g/mol. The summed E-state index contributed by atoms with van der Waals surface area (Å²) in [5.41, 5.74) is 0.678. The number of piperidine rings is 1. The van der Waals surface area contributed by atoms with Gasteiger partial charge >= 0.3 is 0 Å². The van der Waals surface area contributed by atoms with E-state index < -0.39 is 0 Å². The molecule has 1 amide bonds. The molecule has 0 aromatic heterocycles. The molecule has 0 aromatic rings. The molecule has 1 saturated heterocycles. The van der Waals surface area contributed by atoms with Gasteiger partial charge in [0.2, 0.25) is 5.91 Å². The maximum atomic E-state index is 11.4. The number of carbonyl (C=O) groups excluding carboxylic acids is 1. The Morgan fingerprint density at radius 1 is 1.64 bits per heavy atom. The van der Waals surface area contributed by atoms with Crippen molar-refractivity contribution in [2.24, 2.45) is 5.92 Å². The molecular weight excluding hydrogens is 138 g/mol. The van der Waals surface area contributed by atoms with Crippen LogP contribution in [0.1, 0.15) is 19.8 Å². The van der Waals surface area contributed by atoms with Gasteiger partial charge in [-0.2, -0.15) is 0 Å². The van der Waals surface area contributed by atoms with E-state index in [-0.39, 0.29) is 5.91 Å². The fourth-order valence-electron chi connectivity index (χ4n) is 1.89. The third kappa shape index (κ3) is 0.971. The molecule has 1 aliphatic carbocycles. The number of hydrogen-bond donors (Lipinski definition) is 0. The Morgan fingerprint density at radius 3 is 2.73 bits per heavy atom. The molecule has 60 valence electrons. The molecule has 11 heavy (non-hydrogen) atoms. The Morgan fingerprint density at radius 2 is 2.36 bits per heavy atom. The number of amides is 1. The first-order valence-electron chi connectivity index (χ1n) is 4.16. The summed E-state index contributed by atoms with van der Waals surface area (Å²) in [6.07, 6.45) is 2.45. The smallest absolute Gasteiger partial charge is 0.249 e. The van der Waals surface area contributed by atoms with Gasteiger partial charge in [0.1, 0.15) is 0 Å². The predicted molar refractivity (Wildman–Crippen MR) is 43.0 cm³/mol. The van der Waals surface area contributed by atoms with E-state index in [0.29, 0.717) is 11.6 Å². The van der Waals surface area contributed by atoms with Crippen molar-refractivity contribution in [3.63, 3.8) is 0 Å². The second-order valence-electron chi connectivity index (χ2n) is 3.63. The first-order chi connectivity index (χ1) is 5.20. The molecule has 0 aromatic carbocycles. The van der Waals surface area contributed by atoms with E-state index in [9.17, 15) is 4.79 Å². The molecule has 2 aliphatic rings. The van der Waals surface area contributed by atoms with E-state index in [2.05, 4.69) is 6.58 Å². The van der Waals surface area contributed by atoms with Gasteiger partial charge in [-0.25, -0.2) is 0 Å². The number of fused-ring (bicyclic) bond motifs is 1. The van der Waals surface area contributed by atoms with Gasteiger partial charge < -0.3 is 4.90 Å². The van der Waals surface area contributed by atoms with Crippen LogP contribution in [0.5, 0.6) is 0 Å². The highest BCUT2D eigenvalue weighted by atomic mass is 16.2. The van der Waals surface area contributed by atoms with Crippen LogP contribution < -0.4 is 0 Å². The molecule has 0 radical (unpaired) electrons. The summed E-state index contributed by atoms with van der Waals surface area (Å²) in [4.78, 5) is 13.4. The fourth-order valence-corrected chi connectivity index (χ4v) is 1.89. The quantitative estimate of drug-likeness (QED) is 0.515. The van der Waals surface area contributed by atoms with Crippen molar-refractivity contribution >= 4 is 5.91 Å². The molecule has 2 heteroatoms. The molecule has 0 spiro atoms. The van der Waals surface area contributed by atoms with Gasteiger partial charge in [-0.05, 0) is 25.7 Å². The lowest BCUT2D eigenvalue weighted by Gasteiger charge is -2.17.